The molecule has 3 rings (SSSR count). The zero-order valence-corrected chi connectivity index (χ0v) is 16.8. The second-order valence-corrected chi connectivity index (χ2v) is 7.48. The number of thiophene rings is 1. The third-order valence-electron chi connectivity index (χ3n) is 4.22. The summed E-state index contributed by atoms with van der Waals surface area (Å²) >= 11 is 1.10. The van der Waals surface area contributed by atoms with E-state index in [-0.39, 0.29) is 6.10 Å². The molecule has 0 amide bonds. The van der Waals surface area contributed by atoms with Gasteiger partial charge in [-0.25, -0.2) is 14.6 Å². The van der Waals surface area contributed by atoms with E-state index in [1.54, 1.807) is 45.0 Å². The third kappa shape index (κ3) is 3.55. The molecule has 146 valence electrons. The number of methoxy groups -OCH3 is 1. The number of benzene rings is 1. The number of aromatic nitrogens is 2. The molecule has 0 bridgehead atoms. The van der Waals surface area contributed by atoms with E-state index in [0.29, 0.717) is 26.2 Å². The van der Waals surface area contributed by atoms with E-state index in [1.807, 2.05) is 6.07 Å². The fraction of sp³-hybridized carbons (Fsp3) is 0.300. The van der Waals surface area contributed by atoms with Crippen LogP contribution in [-0.2, 0) is 14.3 Å². The first-order chi connectivity index (χ1) is 13.3. The van der Waals surface area contributed by atoms with Crippen LogP contribution in [0.4, 0.5) is 0 Å². The predicted octanol–water partition coefficient (Wildman–Crippen LogP) is 3.09. The highest BCUT2D eigenvalue weighted by Crippen LogP contribution is 2.29. The molecule has 0 saturated carbocycles. The minimum atomic E-state index is -0.971. The number of hydrogen-bond acceptors (Lipinski definition) is 7. The first-order valence-electron chi connectivity index (χ1n) is 8.69. The molecular formula is C20H20N2O5S. The minimum absolute atomic E-state index is 0.275. The monoisotopic (exact) mass is 400 g/mol. The first kappa shape index (κ1) is 19.8. The Morgan fingerprint density at radius 2 is 1.86 bits per heavy atom. The van der Waals surface area contributed by atoms with Gasteiger partial charge in [-0.3, -0.25) is 9.36 Å². The highest BCUT2D eigenvalue weighted by atomic mass is 32.1. The number of fused-ring (bicyclic) bond motifs is 1. The molecule has 7 nitrogen and oxygen atoms in total. The summed E-state index contributed by atoms with van der Waals surface area (Å²) in [5.74, 6) is -1.07. The van der Waals surface area contributed by atoms with Gasteiger partial charge < -0.3 is 9.47 Å². The van der Waals surface area contributed by atoms with Crippen molar-refractivity contribution in [3.05, 3.63) is 63.0 Å². The summed E-state index contributed by atoms with van der Waals surface area (Å²) in [5, 5.41) is 0.299. The number of rotatable bonds is 5. The maximum atomic E-state index is 13.2. The molecule has 0 aliphatic heterocycles. The quantitative estimate of drug-likeness (QED) is 0.612. The zero-order chi connectivity index (χ0) is 20.4. The Hall–Kier alpha value is -3.00. The van der Waals surface area contributed by atoms with Crippen molar-refractivity contribution in [3.63, 3.8) is 0 Å². The Bertz CT molecular complexity index is 1090. The molecule has 8 heteroatoms. The molecule has 1 atom stereocenters. The lowest BCUT2D eigenvalue weighted by Crippen LogP contribution is -2.31. The SMILES string of the molecule is COC(=O)C(c1ccccc1)n1cnc2sc(C(=O)OC(C)C)c(C)c2c1=O. The molecule has 0 saturated heterocycles. The van der Waals surface area contributed by atoms with E-state index in [9.17, 15) is 14.4 Å². The number of ether oxygens (including phenoxy) is 2. The highest BCUT2D eigenvalue weighted by molar-refractivity contribution is 7.20. The predicted molar refractivity (Wildman–Crippen MR) is 106 cm³/mol. The van der Waals surface area contributed by atoms with Gasteiger partial charge in [0.05, 0.1) is 18.6 Å². The Kier molecular flexibility index (Phi) is 5.60. The number of carbonyl (C=O) groups is 2. The van der Waals surface area contributed by atoms with Crippen LogP contribution in [0.1, 0.15) is 40.7 Å². The number of hydrogen-bond donors (Lipinski definition) is 0. The first-order valence-corrected chi connectivity index (χ1v) is 9.50. The van der Waals surface area contributed by atoms with Crippen LogP contribution >= 0.6 is 11.3 Å². The number of carbonyl (C=O) groups excluding carboxylic acids is 2. The average molecular weight is 400 g/mol. The van der Waals surface area contributed by atoms with Gasteiger partial charge in [0, 0.05) is 0 Å². The van der Waals surface area contributed by atoms with Crippen molar-refractivity contribution in [2.45, 2.75) is 32.9 Å². The van der Waals surface area contributed by atoms with Crippen molar-refractivity contribution in [1.29, 1.82) is 0 Å². The molecule has 1 unspecified atom stereocenters. The summed E-state index contributed by atoms with van der Waals surface area (Å²) in [6.45, 7) is 5.19. The molecule has 2 aromatic heterocycles. The summed E-state index contributed by atoms with van der Waals surface area (Å²) in [4.78, 5) is 43.1. The minimum Gasteiger partial charge on any atom is -0.467 e. The van der Waals surface area contributed by atoms with Gasteiger partial charge in [0.2, 0.25) is 0 Å². The second kappa shape index (κ2) is 7.93. The lowest BCUT2D eigenvalue weighted by atomic mass is 10.1. The van der Waals surface area contributed by atoms with E-state index in [4.69, 9.17) is 9.47 Å². The summed E-state index contributed by atoms with van der Waals surface area (Å²) in [7, 11) is 1.27. The van der Waals surface area contributed by atoms with E-state index < -0.39 is 23.5 Å². The van der Waals surface area contributed by atoms with Gasteiger partial charge in [-0.2, -0.15) is 0 Å². The molecule has 2 heterocycles. The maximum Gasteiger partial charge on any atom is 0.348 e. The fourth-order valence-corrected chi connectivity index (χ4v) is 3.96. The van der Waals surface area contributed by atoms with Crippen LogP contribution in [0.25, 0.3) is 10.2 Å². The summed E-state index contributed by atoms with van der Waals surface area (Å²) in [6, 6.07) is 7.88. The van der Waals surface area contributed by atoms with Crippen molar-refractivity contribution < 1.29 is 19.1 Å². The van der Waals surface area contributed by atoms with Crippen molar-refractivity contribution in [1.82, 2.24) is 9.55 Å². The van der Waals surface area contributed by atoms with Crippen LogP contribution in [0, 0.1) is 6.92 Å². The molecule has 0 radical (unpaired) electrons. The average Bonchev–Trinajstić information content (AvgIpc) is 3.01. The van der Waals surface area contributed by atoms with Gasteiger partial charge in [0.25, 0.3) is 5.56 Å². The third-order valence-corrected chi connectivity index (χ3v) is 5.40. The normalized spacial score (nSPS) is 12.2. The van der Waals surface area contributed by atoms with E-state index in [0.717, 1.165) is 11.3 Å². The van der Waals surface area contributed by atoms with Crippen LogP contribution in [0.15, 0.2) is 41.5 Å². The molecule has 0 spiro atoms. The molecule has 0 aliphatic carbocycles. The Morgan fingerprint density at radius 3 is 2.46 bits per heavy atom. The van der Waals surface area contributed by atoms with Gasteiger partial charge in [-0.1, -0.05) is 30.3 Å². The molecule has 0 N–H and O–H groups in total. The fourth-order valence-electron chi connectivity index (χ4n) is 2.94. The zero-order valence-electron chi connectivity index (χ0n) is 16.0. The Balaban J connectivity index is 2.18. The van der Waals surface area contributed by atoms with Crippen LogP contribution in [0.2, 0.25) is 0 Å². The topological polar surface area (TPSA) is 87.5 Å². The van der Waals surface area contributed by atoms with Gasteiger partial charge in [0.1, 0.15) is 16.0 Å². The molecule has 0 aliphatic rings. The molecule has 3 aromatic rings. The van der Waals surface area contributed by atoms with E-state index >= 15 is 0 Å². The van der Waals surface area contributed by atoms with Crippen LogP contribution in [0.3, 0.4) is 0 Å². The van der Waals surface area contributed by atoms with Crippen molar-refractivity contribution in [2.24, 2.45) is 0 Å². The lowest BCUT2D eigenvalue weighted by molar-refractivity contribution is -0.143. The van der Waals surface area contributed by atoms with Gasteiger partial charge in [-0.15, -0.1) is 11.3 Å². The maximum absolute atomic E-state index is 13.2. The van der Waals surface area contributed by atoms with Crippen molar-refractivity contribution in [2.75, 3.05) is 7.11 Å². The Labute approximate surface area is 165 Å². The summed E-state index contributed by atoms with van der Waals surface area (Å²) < 4.78 is 11.4. The highest BCUT2D eigenvalue weighted by Gasteiger charge is 2.27. The number of nitrogens with zero attached hydrogens (tertiary/aromatic N) is 2. The second-order valence-electron chi connectivity index (χ2n) is 6.48. The molecule has 0 fully saturated rings. The molecular weight excluding hydrogens is 380 g/mol. The number of esters is 2. The van der Waals surface area contributed by atoms with Gasteiger partial charge in [0.15, 0.2) is 6.04 Å². The number of aryl methyl sites for hydroxylation is 1. The van der Waals surface area contributed by atoms with Gasteiger partial charge in [-0.05, 0) is 31.9 Å². The summed E-state index contributed by atoms with van der Waals surface area (Å²) in [6.07, 6.45) is 1.04. The van der Waals surface area contributed by atoms with E-state index in [1.165, 1.54) is 18.0 Å². The van der Waals surface area contributed by atoms with Crippen molar-refractivity contribution >= 4 is 33.5 Å². The standard InChI is InChI=1S/C20H20N2O5S/c1-11(2)27-20(25)16-12(3)14-17(28-16)21-10-22(18(14)23)15(19(24)26-4)13-8-6-5-7-9-13/h5-11,15H,1-4H3. The van der Waals surface area contributed by atoms with Crippen LogP contribution in [-0.4, -0.2) is 34.7 Å². The van der Waals surface area contributed by atoms with E-state index in [2.05, 4.69) is 4.98 Å². The lowest BCUT2D eigenvalue weighted by Gasteiger charge is -2.17. The smallest absolute Gasteiger partial charge is 0.348 e. The largest absolute Gasteiger partial charge is 0.467 e. The van der Waals surface area contributed by atoms with Crippen LogP contribution < -0.4 is 5.56 Å². The van der Waals surface area contributed by atoms with Crippen LogP contribution in [0.5, 0.6) is 0 Å². The van der Waals surface area contributed by atoms with Gasteiger partial charge >= 0.3 is 11.9 Å². The summed E-state index contributed by atoms with van der Waals surface area (Å²) in [5.41, 5.74) is 0.681. The Morgan fingerprint density at radius 1 is 1.18 bits per heavy atom. The molecule has 28 heavy (non-hydrogen) atoms. The van der Waals surface area contributed by atoms with Crippen molar-refractivity contribution in [3.8, 4) is 0 Å². The molecule has 1 aromatic carbocycles.